The summed E-state index contributed by atoms with van der Waals surface area (Å²) in [4.78, 5) is 28.7. The van der Waals surface area contributed by atoms with Crippen molar-refractivity contribution < 1.29 is 14.3 Å². The molecule has 1 aromatic carbocycles. The van der Waals surface area contributed by atoms with Crippen molar-refractivity contribution in [3.05, 3.63) is 61.9 Å². The number of hydrogen-bond acceptors (Lipinski definition) is 5. The van der Waals surface area contributed by atoms with Gasteiger partial charge in [-0.05, 0) is 60.7 Å². The number of nitrogen functional groups attached to an aromatic ring is 1. The lowest BCUT2D eigenvalue weighted by Gasteiger charge is -2.29. The summed E-state index contributed by atoms with van der Waals surface area (Å²) in [6.45, 7) is 2.44. The molecule has 0 amide bonds. The molecule has 162 valence electrons. The number of carboxylic acids is 1. The number of aromatic nitrogens is 2. The van der Waals surface area contributed by atoms with Gasteiger partial charge in [-0.3, -0.25) is 9.78 Å². The molecule has 3 aromatic rings. The van der Waals surface area contributed by atoms with Gasteiger partial charge >= 0.3 is 5.97 Å². The van der Waals surface area contributed by atoms with Crippen LogP contribution in [0.4, 0.5) is 15.8 Å². The third kappa shape index (κ3) is 3.78. The number of halogens is 2. The van der Waals surface area contributed by atoms with E-state index in [1.54, 1.807) is 10.8 Å². The molecule has 0 bridgehead atoms. The van der Waals surface area contributed by atoms with Gasteiger partial charge in [-0.15, -0.1) is 0 Å². The molecule has 0 spiro atoms. The molecule has 0 radical (unpaired) electrons. The summed E-state index contributed by atoms with van der Waals surface area (Å²) >= 11 is 3.36. The van der Waals surface area contributed by atoms with E-state index in [1.807, 2.05) is 19.1 Å². The van der Waals surface area contributed by atoms with Gasteiger partial charge in [-0.25, -0.2) is 9.18 Å². The van der Waals surface area contributed by atoms with E-state index < -0.39 is 22.8 Å². The van der Waals surface area contributed by atoms with Crippen LogP contribution in [0.1, 0.15) is 47.4 Å². The van der Waals surface area contributed by atoms with Crippen molar-refractivity contribution in [2.45, 2.75) is 38.6 Å². The highest BCUT2D eigenvalue weighted by atomic mass is 79.9. The third-order valence-corrected chi connectivity index (χ3v) is 6.23. The lowest BCUT2D eigenvalue weighted by atomic mass is 9.93. The summed E-state index contributed by atoms with van der Waals surface area (Å²) < 4.78 is 17.9. The van der Waals surface area contributed by atoms with Crippen LogP contribution >= 0.6 is 15.9 Å². The molecule has 4 N–H and O–H groups in total. The fraction of sp³-hybridized carbons (Fsp3) is 0.318. The van der Waals surface area contributed by atoms with E-state index in [4.69, 9.17) is 5.73 Å². The largest absolute Gasteiger partial charge is 0.477 e. The zero-order valence-corrected chi connectivity index (χ0v) is 18.5. The summed E-state index contributed by atoms with van der Waals surface area (Å²) in [5.41, 5.74) is 6.97. The molecule has 1 aliphatic heterocycles. The third-order valence-electron chi connectivity index (χ3n) is 5.77. The van der Waals surface area contributed by atoms with E-state index in [2.05, 4.69) is 26.2 Å². The molecule has 7 nitrogen and oxygen atoms in total. The number of carboxylic acid groups (broad SMARTS) is 1. The first-order chi connectivity index (χ1) is 14.8. The molecule has 1 aliphatic rings. The van der Waals surface area contributed by atoms with Crippen molar-refractivity contribution in [3.63, 3.8) is 0 Å². The second-order valence-electron chi connectivity index (χ2n) is 7.77. The van der Waals surface area contributed by atoms with Gasteiger partial charge in [-0.1, -0.05) is 0 Å². The van der Waals surface area contributed by atoms with Gasteiger partial charge < -0.3 is 20.7 Å². The number of rotatable bonds is 6. The minimum atomic E-state index is -1.35. The van der Waals surface area contributed by atoms with Crippen LogP contribution in [0.25, 0.3) is 10.9 Å². The SMILES string of the molecule is CC1CCc2c(NCCCc3ccc(Br)cn3)c(F)c(N)c3c(=O)c(C(=O)O)cn1c23. The molecule has 0 fully saturated rings. The number of pyridine rings is 2. The zero-order valence-electron chi connectivity index (χ0n) is 16.9. The van der Waals surface area contributed by atoms with Crippen molar-refractivity contribution >= 4 is 44.2 Å². The van der Waals surface area contributed by atoms with Gasteiger partial charge in [0.05, 0.1) is 22.3 Å². The van der Waals surface area contributed by atoms with E-state index in [9.17, 15) is 14.7 Å². The fourth-order valence-corrected chi connectivity index (χ4v) is 4.38. The Morgan fingerprint density at radius 1 is 1.45 bits per heavy atom. The zero-order chi connectivity index (χ0) is 22.3. The molecule has 0 saturated carbocycles. The van der Waals surface area contributed by atoms with E-state index in [0.29, 0.717) is 30.5 Å². The highest BCUT2D eigenvalue weighted by Crippen LogP contribution is 2.39. The fourth-order valence-electron chi connectivity index (χ4n) is 4.14. The highest BCUT2D eigenvalue weighted by molar-refractivity contribution is 9.10. The first kappa shape index (κ1) is 21.3. The number of anilines is 2. The van der Waals surface area contributed by atoms with Gasteiger partial charge in [0.25, 0.3) is 0 Å². The molecular formula is C22H22BrFN4O3. The van der Waals surface area contributed by atoms with E-state index in [1.165, 1.54) is 6.20 Å². The summed E-state index contributed by atoms with van der Waals surface area (Å²) in [7, 11) is 0. The van der Waals surface area contributed by atoms with Crippen molar-refractivity contribution in [3.8, 4) is 0 Å². The normalized spacial score (nSPS) is 15.3. The summed E-state index contributed by atoms with van der Waals surface area (Å²) in [5.74, 6) is -2.05. The standard InChI is InChI=1S/C22H22BrFN4O3/c1-11-4-7-14-19(26-8-2-3-13-6-5-12(23)9-27-13)17(24)18(25)16-20(14)28(11)10-15(21(16)29)22(30)31/h5-6,9-11,26H,2-4,7-8,25H2,1H3,(H,30,31). The Labute approximate surface area is 186 Å². The number of aromatic carboxylic acids is 1. The van der Waals surface area contributed by atoms with Crippen LogP contribution in [0, 0.1) is 5.82 Å². The molecule has 3 heterocycles. The van der Waals surface area contributed by atoms with Crippen molar-refractivity contribution in [2.75, 3.05) is 17.6 Å². The number of nitrogens with two attached hydrogens (primary N) is 1. The first-order valence-corrected chi connectivity index (χ1v) is 10.8. The number of aryl methyl sites for hydroxylation is 2. The van der Waals surface area contributed by atoms with E-state index in [0.717, 1.165) is 23.0 Å². The smallest absolute Gasteiger partial charge is 0.341 e. The Balaban J connectivity index is 1.71. The minimum Gasteiger partial charge on any atom is -0.477 e. The lowest BCUT2D eigenvalue weighted by molar-refractivity contribution is 0.0694. The van der Waals surface area contributed by atoms with Crippen LogP contribution in [0.3, 0.4) is 0 Å². The highest BCUT2D eigenvalue weighted by Gasteiger charge is 2.29. The van der Waals surface area contributed by atoms with Gasteiger partial charge in [0, 0.05) is 40.7 Å². The monoisotopic (exact) mass is 488 g/mol. The average Bonchev–Trinajstić information content (AvgIpc) is 2.74. The number of nitrogens with one attached hydrogen (secondary N) is 1. The Kier molecular flexibility index (Phi) is 5.70. The van der Waals surface area contributed by atoms with Crippen molar-refractivity contribution in [1.82, 2.24) is 9.55 Å². The molecular weight excluding hydrogens is 467 g/mol. The topological polar surface area (TPSA) is 110 Å². The second-order valence-corrected chi connectivity index (χ2v) is 8.69. The lowest BCUT2D eigenvalue weighted by Crippen LogP contribution is -2.26. The van der Waals surface area contributed by atoms with Gasteiger partial charge in [-0.2, -0.15) is 0 Å². The van der Waals surface area contributed by atoms with Crippen LogP contribution < -0.4 is 16.5 Å². The maximum atomic E-state index is 15.2. The van der Waals surface area contributed by atoms with Gasteiger partial charge in [0.1, 0.15) is 5.56 Å². The molecule has 1 unspecified atom stereocenters. The maximum absolute atomic E-state index is 15.2. The Bertz CT molecular complexity index is 1240. The quantitative estimate of drug-likeness (QED) is 0.355. The van der Waals surface area contributed by atoms with Gasteiger partial charge in [0.2, 0.25) is 5.43 Å². The Morgan fingerprint density at radius 2 is 2.23 bits per heavy atom. The molecule has 0 saturated heterocycles. The van der Waals surface area contributed by atoms with Crippen LogP contribution in [0.5, 0.6) is 0 Å². The first-order valence-electron chi connectivity index (χ1n) is 10.1. The van der Waals surface area contributed by atoms with Gasteiger partial charge in [0.15, 0.2) is 5.82 Å². The van der Waals surface area contributed by atoms with Crippen LogP contribution in [-0.4, -0.2) is 27.2 Å². The molecule has 1 atom stereocenters. The molecule has 31 heavy (non-hydrogen) atoms. The van der Waals surface area contributed by atoms with Crippen LogP contribution in [0.15, 0.2) is 33.8 Å². The van der Waals surface area contributed by atoms with Crippen molar-refractivity contribution in [1.29, 1.82) is 0 Å². The second kappa shape index (κ2) is 8.30. The number of carbonyl (C=O) groups is 1. The average molecular weight is 489 g/mol. The molecule has 0 aliphatic carbocycles. The van der Waals surface area contributed by atoms with Crippen molar-refractivity contribution in [2.24, 2.45) is 0 Å². The Hall–Kier alpha value is -2.94. The van der Waals surface area contributed by atoms with E-state index in [-0.39, 0.29) is 22.8 Å². The van der Waals surface area contributed by atoms with Crippen LogP contribution in [-0.2, 0) is 12.8 Å². The summed E-state index contributed by atoms with van der Waals surface area (Å²) in [6.07, 6.45) is 5.81. The number of hydrogen-bond donors (Lipinski definition) is 3. The van der Waals surface area contributed by atoms with E-state index >= 15 is 4.39 Å². The molecule has 2 aromatic heterocycles. The molecule has 4 rings (SSSR count). The Morgan fingerprint density at radius 3 is 2.90 bits per heavy atom. The summed E-state index contributed by atoms with van der Waals surface area (Å²) in [6, 6.07) is 3.83. The molecule has 9 heteroatoms. The number of nitrogens with zero attached hydrogens (tertiary/aromatic N) is 2. The number of benzene rings is 1. The predicted octanol–water partition coefficient (Wildman–Crippen LogP) is 4.13. The predicted molar refractivity (Wildman–Crippen MR) is 121 cm³/mol. The minimum absolute atomic E-state index is 0.0325. The van der Waals surface area contributed by atoms with Crippen LogP contribution in [0.2, 0.25) is 0 Å². The maximum Gasteiger partial charge on any atom is 0.341 e. The summed E-state index contributed by atoms with van der Waals surface area (Å²) in [5, 5.41) is 12.5.